The van der Waals surface area contributed by atoms with Crippen molar-refractivity contribution in [2.24, 2.45) is 5.10 Å². The zero-order chi connectivity index (χ0) is 13.7. The highest BCUT2D eigenvalue weighted by molar-refractivity contribution is 7.07. The van der Waals surface area contributed by atoms with E-state index in [1.165, 1.54) is 41.8 Å². The predicted octanol–water partition coefficient (Wildman–Crippen LogP) is 1.82. The maximum atomic E-state index is 11.5. The molecule has 19 heavy (non-hydrogen) atoms. The SMILES string of the molecule is O=C(NN=Cc1ccc([N+](=O)[O-])cc1)c1cscn1. The number of benzene rings is 1. The first-order valence-electron chi connectivity index (χ1n) is 5.13. The monoisotopic (exact) mass is 276 g/mol. The summed E-state index contributed by atoms with van der Waals surface area (Å²) in [4.78, 5) is 25.3. The van der Waals surface area contributed by atoms with Gasteiger partial charge in [0.2, 0.25) is 0 Å². The second-order valence-electron chi connectivity index (χ2n) is 3.42. The van der Waals surface area contributed by atoms with Crippen LogP contribution in [0.5, 0.6) is 0 Å². The molecule has 0 aliphatic heterocycles. The standard InChI is InChI=1S/C11H8N4O3S/c16-11(10-6-19-7-12-10)14-13-5-8-1-3-9(4-2-8)15(17)18/h1-7H,(H,14,16). The summed E-state index contributed by atoms with van der Waals surface area (Å²) < 4.78 is 0. The second kappa shape index (κ2) is 5.83. The van der Waals surface area contributed by atoms with Gasteiger partial charge in [0.15, 0.2) is 0 Å². The van der Waals surface area contributed by atoms with E-state index in [1.807, 2.05) is 0 Å². The van der Waals surface area contributed by atoms with Crippen LogP contribution < -0.4 is 5.43 Å². The van der Waals surface area contributed by atoms with Gasteiger partial charge in [0, 0.05) is 17.5 Å². The van der Waals surface area contributed by atoms with Crippen LogP contribution in [0.2, 0.25) is 0 Å². The number of amides is 1. The molecule has 1 N–H and O–H groups in total. The van der Waals surface area contributed by atoms with Crippen LogP contribution in [0.25, 0.3) is 0 Å². The number of hydrazone groups is 1. The van der Waals surface area contributed by atoms with Gasteiger partial charge < -0.3 is 0 Å². The zero-order valence-corrected chi connectivity index (χ0v) is 10.3. The first kappa shape index (κ1) is 12.8. The van der Waals surface area contributed by atoms with Gasteiger partial charge in [0.25, 0.3) is 11.6 Å². The van der Waals surface area contributed by atoms with E-state index in [0.717, 1.165) is 0 Å². The third kappa shape index (κ3) is 3.42. The van der Waals surface area contributed by atoms with Gasteiger partial charge in [0.1, 0.15) is 5.69 Å². The number of rotatable bonds is 4. The Hall–Kier alpha value is -2.61. The number of nitro groups is 1. The van der Waals surface area contributed by atoms with Crippen LogP contribution in [-0.2, 0) is 0 Å². The summed E-state index contributed by atoms with van der Waals surface area (Å²) in [5.41, 5.74) is 4.81. The molecule has 8 heteroatoms. The largest absolute Gasteiger partial charge is 0.290 e. The Kier molecular flexibility index (Phi) is 3.94. The fourth-order valence-corrected chi connectivity index (χ4v) is 1.76. The molecule has 0 saturated heterocycles. The molecular formula is C11H8N4O3S. The van der Waals surface area contributed by atoms with Gasteiger partial charge in [-0.2, -0.15) is 5.10 Å². The average molecular weight is 276 g/mol. The Morgan fingerprint density at radius 2 is 2.16 bits per heavy atom. The van der Waals surface area contributed by atoms with Crippen molar-refractivity contribution in [3.05, 3.63) is 56.5 Å². The van der Waals surface area contributed by atoms with E-state index in [0.29, 0.717) is 11.3 Å². The van der Waals surface area contributed by atoms with Crippen LogP contribution in [0.4, 0.5) is 5.69 Å². The smallest absolute Gasteiger partial charge is 0.266 e. The molecule has 0 radical (unpaired) electrons. The molecule has 0 saturated carbocycles. The highest BCUT2D eigenvalue weighted by Crippen LogP contribution is 2.10. The van der Waals surface area contributed by atoms with E-state index in [9.17, 15) is 14.9 Å². The lowest BCUT2D eigenvalue weighted by Crippen LogP contribution is -2.17. The Morgan fingerprint density at radius 3 is 2.74 bits per heavy atom. The van der Waals surface area contributed by atoms with Crippen molar-refractivity contribution < 1.29 is 9.72 Å². The molecule has 0 aliphatic carbocycles. The molecule has 1 aromatic heterocycles. The number of carbonyl (C=O) groups is 1. The van der Waals surface area contributed by atoms with Gasteiger partial charge in [-0.3, -0.25) is 14.9 Å². The van der Waals surface area contributed by atoms with Crippen molar-refractivity contribution in [1.29, 1.82) is 0 Å². The second-order valence-corrected chi connectivity index (χ2v) is 4.14. The highest BCUT2D eigenvalue weighted by atomic mass is 32.1. The van der Waals surface area contributed by atoms with Gasteiger partial charge in [-0.25, -0.2) is 10.4 Å². The average Bonchev–Trinajstić information content (AvgIpc) is 2.93. The number of hydrogen-bond acceptors (Lipinski definition) is 6. The van der Waals surface area contributed by atoms with E-state index in [2.05, 4.69) is 15.5 Å². The minimum absolute atomic E-state index is 0.00339. The van der Waals surface area contributed by atoms with Crippen molar-refractivity contribution in [3.8, 4) is 0 Å². The third-order valence-electron chi connectivity index (χ3n) is 2.15. The lowest BCUT2D eigenvalue weighted by atomic mass is 10.2. The Morgan fingerprint density at radius 1 is 1.42 bits per heavy atom. The van der Waals surface area contributed by atoms with Gasteiger partial charge in [-0.05, 0) is 17.7 Å². The molecule has 0 atom stereocenters. The first-order chi connectivity index (χ1) is 9.16. The van der Waals surface area contributed by atoms with Gasteiger partial charge in [-0.15, -0.1) is 11.3 Å². The lowest BCUT2D eigenvalue weighted by molar-refractivity contribution is -0.384. The van der Waals surface area contributed by atoms with Gasteiger partial charge >= 0.3 is 0 Å². The molecule has 2 aromatic rings. The number of non-ortho nitro benzene ring substituents is 1. The molecule has 0 bridgehead atoms. The molecule has 7 nitrogen and oxygen atoms in total. The first-order valence-corrected chi connectivity index (χ1v) is 6.07. The molecule has 0 spiro atoms. The summed E-state index contributed by atoms with van der Waals surface area (Å²) in [6, 6.07) is 5.81. The fourth-order valence-electron chi connectivity index (χ4n) is 1.23. The van der Waals surface area contributed by atoms with Gasteiger partial charge in [0.05, 0.1) is 16.6 Å². The molecule has 0 fully saturated rings. The van der Waals surface area contributed by atoms with Crippen molar-refractivity contribution in [2.45, 2.75) is 0 Å². The van der Waals surface area contributed by atoms with E-state index < -0.39 is 10.8 Å². The molecule has 96 valence electrons. The fraction of sp³-hybridized carbons (Fsp3) is 0. The predicted molar refractivity (Wildman–Crippen MR) is 70.3 cm³/mol. The maximum Gasteiger partial charge on any atom is 0.290 e. The quantitative estimate of drug-likeness (QED) is 0.523. The maximum absolute atomic E-state index is 11.5. The zero-order valence-electron chi connectivity index (χ0n) is 9.52. The molecule has 1 amide bonds. The molecule has 1 heterocycles. The number of carbonyl (C=O) groups excluding carboxylic acids is 1. The summed E-state index contributed by atoms with van der Waals surface area (Å²) in [5.74, 6) is -0.403. The Labute approximate surface area is 111 Å². The van der Waals surface area contributed by atoms with Crippen LogP contribution in [0.3, 0.4) is 0 Å². The van der Waals surface area contributed by atoms with E-state index in [4.69, 9.17) is 0 Å². The number of nitrogens with zero attached hydrogens (tertiary/aromatic N) is 3. The minimum Gasteiger partial charge on any atom is -0.266 e. The normalized spacial score (nSPS) is 10.5. The molecule has 0 unspecified atom stereocenters. The summed E-state index contributed by atoms with van der Waals surface area (Å²) in [7, 11) is 0. The van der Waals surface area contributed by atoms with Crippen molar-refractivity contribution in [1.82, 2.24) is 10.4 Å². The van der Waals surface area contributed by atoms with E-state index in [-0.39, 0.29) is 5.69 Å². The van der Waals surface area contributed by atoms with Crippen molar-refractivity contribution >= 4 is 29.1 Å². The lowest BCUT2D eigenvalue weighted by Gasteiger charge is -1.95. The number of nitro benzene ring substituents is 1. The van der Waals surface area contributed by atoms with Crippen LogP contribution in [0.15, 0.2) is 40.3 Å². The Balaban J connectivity index is 1.95. The molecular weight excluding hydrogens is 268 g/mol. The summed E-state index contributed by atoms with van der Waals surface area (Å²) in [6.45, 7) is 0. The Bertz CT molecular complexity index is 607. The molecule has 2 rings (SSSR count). The highest BCUT2D eigenvalue weighted by Gasteiger charge is 2.05. The summed E-state index contributed by atoms with van der Waals surface area (Å²) in [5, 5.41) is 15.8. The van der Waals surface area contributed by atoms with Crippen LogP contribution in [0, 0.1) is 10.1 Å². The van der Waals surface area contributed by atoms with Crippen LogP contribution in [0.1, 0.15) is 16.1 Å². The molecule has 0 aliphatic rings. The topological polar surface area (TPSA) is 97.5 Å². The summed E-state index contributed by atoms with van der Waals surface area (Å²) >= 11 is 1.31. The third-order valence-corrected chi connectivity index (χ3v) is 2.74. The molecule has 1 aromatic carbocycles. The minimum atomic E-state index is -0.481. The number of nitrogens with one attached hydrogen (secondary N) is 1. The van der Waals surface area contributed by atoms with Crippen molar-refractivity contribution in [2.75, 3.05) is 0 Å². The van der Waals surface area contributed by atoms with Crippen LogP contribution >= 0.6 is 11.3 Å². The van der Waals surface area contributed by atoms with Crippen molar-refractivity contribution in [3.63, 3.8) is 0 Å². The van der Waals surface area contributed by atoms with E-state index in [1.54, 1.807) is 10.9 Å². The van der Waals surface area contributed by atoms with Crippen LogP contribution in [-0.4, -0.2) is 22.0 Å². The van der Waals surface area contributed by atoms with E-state index >= 15 is 0 Å². The summed E-state index contributed by atoms with van der Waals surface area (Å²) in [6.07, 6.45) is 1.40. The number of hydrogen-bond donors (Lipinski definition) is 1. The number of aromatic nitrogens is 1. The van der Waals surface area contributed by atoms with Gasteiger partial charge in [-0.1, -0.05) is 0 Å². The number of thiazole rings is 1.